The minimum absolute atomic E-state index is 0.517. The third kappa shape index (κ3) is 5.11. The third-order valence-corrected chi connectivity index (χ3v) is 6.39. The Labute approximate surface area is 207 Å². The van der Waals surface area contributed by atoms with Gasteiger partial charge in [0.1, 0.15) is 61.0 Å². The van der Waals surface area contributed by atoms with E-state index < -0.39 is 74.3 Å². The molecule has 4 rings (SSSR count). The first-order chi connectivity index (χ1) is 17.3. The Kier molecular flexibility index (Phi) is 8.25. The summed E-state index contributed by atoms with van der Waals surface area (Å²) in [6.07, 6.45) is -13.5. The molecule has 2 aromatic rings. The van der Waals surface area contributed by atoms with E-state index >= 15 is 0 Å². The fourth-order valence-corrected chi connectivity index (χ4v) is 4.29. The molecule has 8 N–H and O–H groups in total. The zero-order valence-electron chi connectivity index (χ0n) is 19.0. The van der Waals surface area contributed by atoms with Gasteiger partial charge >= 0.3 is 0 Å². The van der Waals surface area contributed by atoms with E-state index in [-0.39, 0.29) is 0 Å². The van der Waals surface area contributed by atoms with Gasteiger partial charge in [0.05, 0.1) is 13.2 Å². The molecule has 0 aliphatic carbocycles. The van der Waals surface area contributed by atoms with E-state index in [2.05, 4.69) is 23.7 Å². The van der Waals surface area contributed by atoms with Crippen LogP contribution in [0.25, 0.3) is 10.8 Å². The molecule has 2 fully saturated rings. The van der Waals surface area contributed by atoms with Crippen molar-refractivity contribution >= 4 is 10.8 Å². The smallest absolute Gasteiger partial charge is 0.147 e. The van der Waals surface area contributed by atoms with Gasteiger partial charge in [-0.1, -0.05) is 47.9 Å². The van der Waals surface area contributed by atoms with Crippen LogP contribution in [0.3, 0.4) is 0 Å². The summed E-state index contributed by atoms with van der Waals surface area (Å²) in [6, 6.07) is 10.7. The van der Waals surface area contributed by atoms with Gasteiger partial charge in [-0.3, -0.25) is 0 Å². The van der Waals surface area contributed by atoms with Crippen molar-refractivity contribution in [3.8, 4) is 23.7 Å². The van der Waals surface area contributed by atoms with Crippen LogP contribution in [-0.4, -0.2) is 115 Å². The number of hydrogen-bond acceptors (Lipinski definition) is 10. The Morgan fingerprint density at radius 3 is 1.39 bits per heavy atom. The SMILES string of the molecule is OC[C@H]1O[C@H](C#Cc2cccc3cccc(C#C[C@H]4O[C@H](CO)[C@@H](O)[C@H](O)[C@@H]4O)c23)[C@@H](O)[C@@H](O)[C@@H]1O. The summed E-state index contributed by atoms with van der Waals surface area (Å²) >= 11 is 0. The maximum Gasteiger partial charge on any atom is 0.147 e. The van der Waals surface area contributed by atoms with E-state index in [1.165, 1.54) is 0 Å². The molecule has 10 nitrogen and oxygen atoms in total. The van der Waals surface area contributed by atoms with Crippen molar-refractivity contribution in [1.29, 1.82) is 0 Å². The normalized spacial score (nSPS) is 36.4. The minimum Gasteiger partial charge on any atom is -0.394 e. The Morgan fingerprint density at radius 2 is 1.00 bits per heavy atom. The minimum atomic E-state index is -1.54. The number of aliphatic hydroxyl groups excluding tert-OH is 8. The molecule has 2 aliphatic heterocycles. The lowest BCUT2D eigenvalue weighted by molar-refractivity contribution is -0.214. The Morgan fingerprint density at radius 1 is 0.583 bits per heavy atom. The lowest BCUT2D eigenvalue weighted by Gasteiger charge is -2.37. The molecule has 0 aromatic heterocycles. The van der Waals surface area contributed by atoms with Gasteiger partial charge in [-0.05, 0) is 17.5 Å². The Bertz CT molecular complexity index is 1100. The summed E-state index contributed by atoms with van der Waals surface area (Å²) in [5.74, 6) is 11.3. The molecule has 36 heavy (non-hydrogen) atoms. The van der Waals surface area contributed by atoms with Gasteiger partial charge in [0.25, 0.3) is 0 Å². The fourth-order valence-electron chi connectivity index (χ4n) is 4.29. The number of aliphatic hydroxyl groups is 8. The van der Waals surface area contributed by atoms with Crippen molar-refractivity contribution in [3.63, 3.8) is 0 Å². The highest BCUT2D eigenvalue weighted by molar-refractivity contribution is 5.93. The van der Waals surface area contributed by atoms with Crippen molar-refractivity contribution in [1.82, 2.24) is 0 Å². The van der Waals surface area contributed by atoms with E-state index in [1.54, 1.807) is 24.3 Å². The van der Waals surface area contributed by atoms with Crippen LogP contribution in [0.4, 0.5) is 0 Å². The maximum absolute atomic E-state index is 10.3. The topological polar surface area (TPSA) is 180 Å². The molecule has 2 aromatic carbocycles. The van der Waals surface area contributed by atoms with Crippen LogP contribution < -0.4 is 0 Å². The molecule has 10 heteroatoms. The number of rotatable bonds is 2. The van der Waals surface area contributed by atoms with Gasteiger partial charge in [-0.2, -0.15) is 0 Å². The molecule has 2 heterocycles. The predicted molar refractivity (Wildman–Crippen MR) is 125 cm³/mol. The van der Waals surface area contributed by atoms with Crippen LogP contribution in [0.5, 0.6) is 0 Å². The fraction of sp³-hybridized carbons (Fsp3) is 0.462. The molecule has 0 saturated carbocycles. The molecule has 192 valence electrons. The van der Waals surface area contributed by atoms with Crippen molar-refractivity contribution in [3.05, 3.63) is 47.5 Å². The van der Waals surface area contributed by atoms with Crippen LogP contribution in [-0.2, 0) is 9.47 Å². The highest BCUT2D eigenvalue weighted by Crippen LogP contribution is 2.25. The van der Waals surface area contributed by atoms with Gasteiger partial charge < -0.3 is 50.3 Å². The highest BCUT2D eigenvalue weighted by atomic mass is 16.5. The summed E-state index contributed by atoms with van der Waals surface area (Å²) in [5.41, 5.74) is 1.03. The third-order valence-electron chi connectivity index (χ3n) is 6.39. The zero-order valence-corrected chi connectivity index (χ0v) is 19.0. The van der Waals surface area contributed by atoms with Crippen LogP contribution in [0, 0.1) is 23.7 Å². The number of ether oxygens (including phenoxy) is 2. The largest absolute Gasteiger partial charge is 0.394 e. The van der Waals surface area contributed by atoms with E-state index in [0.717, 1.165) is 5.39 Å². The van der Waals surface area contributed by atoms with E-state index in [9.17, 15) is 40.9 Å². The van der Waals surface area contributed by atoms with Gasteiger partial charge in [0.15, 0.2) is 0 Å². The molecule has 0 radical (unpaired) electrons. The zero-order chi connectivity index (χ0) is 26.0. The van der Waals surface area contributed by atoms with Crippen LogP contribution in [0.1, 0.15) is 11.1 Å². The van der Waals surface area contributed by atoms with Gasteiger partial charge in [-0.25, -0.2) is 0 Å². The standard InChI is InChI=1S/C26H28O10/c27-11-18-23(31)25(33)21(29)16(35-18)9-7-14-5-1-3-13-4-2-6-15(20(13)14)8-10-17-22(30)26(34)24(32)19(12-28)36-17/h1-6,16-19,21-34H,11-12H2/t16-,17-,18-,19-,21-,22-,23-,24-,25-,26-/m1/s1. The first-order valence-electron chi connectivity index (χ1n) is 11.4. The second-order valence-electron chi connectivity index (χ2n) is 8.75. The summed E-state index contributed by atoms with van der Waals surface area (Å²) in [5, 5.41) is 80.7. The van der Waals surface area contributed by atoms with E-state index in [0.29, 0.717) is 16.5 Å². The quantitative estimate of drug-likeness (QED) is 0.201. The second-order valence-corrected chi connectivity index (χ2v) is 8.75. The van der Waals surface area contributed by atoms with Crippen LogP contribution >= 0.6 is 0 Å². The number of benzene rings is 2. The van der Waals surface area contributed by atoms with Gasteiger partial charge in [-0.15, -0.1) is 0 Å². The Hall–Kier alpha value is -2.58. The number of fused-ring (bicyclic) bond motifs is 1. The summed E-state index contributed by atoms with van der Waals surface area (Å²) in [7, 11) is 0. The maximum atomic E-state index is 10.3. The Balaban J connectivity index is 1.68. The first-order valence-corrected chi connectivity index (χ1v) is 11.4. The van der Waals surface area contributed by atoms with Crippen molar-refractivity contribution in [2.75, 3.05) is 13.2 Å². The average Bonchev–Trinajstić information content (AvgIpc) is 2.89. The molecule has 2 saturated heterocycles. The van der Waals surface area contributed by atoms with E-state index in [1.807, 2.05) is 12.1 Å². The molecule has 0 unspecified atom stereocenters. The second kappa shape index (κ2) is 11.2. The number of hydrogen-bond donors (Lipinski definition) is 8. The average molecular weight is 501 g/mol. The van der Waals surface area contributed by atoms with Crippen molar-refractivity contribution < 1.29 is 50.3 Å². The summed E-state index contributed by atoms with van der Waals surface area (Å²) in [4.78, 5) is 0. The summed E-state index contributed by atoms with van der Waals surface area (Å²) < 4.78 is 10.9. The molecule has 0 bridgehead atoms. The molecule has 10 atom stereocenters. The monoisotopic (exact) mass is 500 g/mol. The van der Waals surface area contributed by atoms with E-state index in [4.69, 9.17) is 9.47 Å². The summed E-state index contributed by atoms with van der Waals surface area (Å²) in [6.45, 7) is -1.12. The molecule has 0 spiro atoms. The molecular formula is C26H28O10. The van der Waals surface area contributed by atoms with Crippen LogP contribution in [0.15, 0.2) is 36.4 Å². The highest BCUT2D eigenvalue weighted by Gasteiger charge is 2.43. The first kappa shape index (κ1) is 26.5. The molecule has 2 aliphatic rings. The van der Waals surface area contributed by atoms with Crippen LogP contribution in [0.2, 0.25) is 0 Å². The lowest BCUT2D eigenvalue weighted by atomic mass is 9.94. The lowest BCUT2D eigenvalue weighted by Crippen LogP contribution is -2.58. The van der Waals surface area contributed by atoms with Crippen molar-refractivity contribution in [2.24, 2.45) is 0 Å². The predicted octanol–water partition coefficient (Wildman–Crippen LogP) is -2.77. The van der Waals surface area contributed by atoms with Gasteiger partial charge in [0.2, 0.25) is 0 Å². The van der Waals surface area contributed by atoms with Gasteiger partial charge in [0, 0.05) is 16.5 Å². The molecular weight excluding hydrogens is 472 g/mol. The van der Waals surface area contributed by atoms with Crippen molar-refractivity contribution in [2.45, 2.75) is 61.0 Å². The molecule has 0 amide bonds.